The maximum absolute atomic E-state index is 13.5. The minimum absolute atomic E-state index is 0. The maximum atomic E-state index is 13.5. The highest BCUT2D eigenvalue weighted by Gasteiger charge is 2.36. The van der Waals surface area contributed by atoms with Crippen molar-refractivity contribution in [3.8, 4) is 17.2 Å². The summed E-state index contributed by atoms with van der Waals surface area (Å²) in [5, 5.41) is 10.9. The molecule has 2 aromatic rings. The Balaban J connectivity index is 0.00000616. The number of halogens is 1. The minimum atomic E-state index is -0.408. The van der Waals surface area contributed by atoms with E-state index in [1.807, 2.05) is 0 Å². The van der Waals surface area contributed by atoms with Crippen LogP contribution in [0.1, 0.15) is 134 Å². The van der Waals surface area contributed by atoms with Gasteiger partial charge in [0, 0.05) is 22.8 Å². The number of nitrogens with zero attached hydrogens (tertiary/aromatic N) is 1. The molecule has 1 aliphatic rings. The molecule has 42 heavy (non-hydrogen) atoms. The fourth-order valence-electron chi connectivity index (χ4n) is 6.05. The molecule has 0 spiro atoms. The number of ketones is 2. The molecule has 0 bridgehead atoms. The predicted molar refractivity (Wildman–Crippen MR) is 166 cm³/mol. The number of quaternary nitrogens is 1. The number of aromatic hydroxyl groups is 1. The van der Waals surface area contributed by atoms with Gasteiger partial charge in [-0.15, -0.1) is 0 Å². The summed E-state index contributed by atoms with van der Waals surface area (Å²) >= 11 is 0. The lowest BCUT2D eigenvalue weighted by molar-refractivity contribution is -0.903. The number of carbonyl (C=O) groups excluding carboxylic acids is 2. The standard InChI is InChI=1S/C35H51NO5.BrH/c1-6-7-8-9-10-11-12-13-14-15-16-17-18-19-20-36(2,3)25-26-21-28-32(30(37)22-26)35(39)33-29(34(28)38)23-27(40-4)24-31(33)41-5;/h21-24H,6-20,25H2,1-5H3;1H. The van der Waals surface area contributed by atoms with Crippen molar-refractivity contribution in [3.63, 3.8) is 0 Å². The van der Waals surface area contributed by atoms with Crippen molar-refractivity contribution in [3.05, 3.63) is 52.1 Å². The molecule has 3 rings (SSSR count). The first kappa shape index (κ1) is 35.8. The van der Waals surface area contributed by atoms with Crippen LogP contribution in [0.15, 0.2) is 24.3 Å². The molecule has 2 aromatic carbocycles. The average molecular weight is 647 g/mol. The summed E-state index contributed by atoms with van der Waals surface area (Å²) in [6.07, 6.45) is 18.8. The highest BCUT2D eigenvalue weighted by molar-refractivity contribution is 6.30. The van der Waals surface area contributed by atoms with Crippen molar-refractivity contribution in [1.82, 2.24) is 0 Å². The van der Waals surface area contributed by atoms with E-state index < -0.39 is 5.78 Å². The Morgan fingerprint density at radius 1 is 0.667 bits per heavy atom. The topological polar surface area (TPSA) is 72.8 Å². The quantitative estimate of drug-likeness (QED) is 0.142. The zero-order chi connectivity index (χ0) is 29.8. The van der Waals surface area contributed by atoms with Gasteiger partial charge in [0.25, 0.3) is 0 Å². The molecule has 6 nitrogen and oxygen atoms in total. The predicted octanol–water partition coefficient (Wildman–Crippen LogP) is 5.25. The van der Waals surface area contributed by atoms with Crippen LogP contribution < -0.4 is 26.5 Å². The second kappa shape index (κ2) is 17.7. The van der Waals surface area contributed by atoms with Gasteiger partial charge in [-0.2, -0.15) is 0 Å². The van der Waals surface area contributed by atoms with E-state index >= 15 is 0 Å². The van der Waals surface area contributed by atoms with E-state index in [2.05, 4.69) is 21.0 Å². The van der Waals surface area contributed by atoms with Gasteiger partial charge in [0.05, 0.1) is 46.0 Å². The number of rotatable bonds is 19. The van der Waals surface area contributed by atoms with Crippen LogP contribution in [0.2, 0.25) is 0 Å². The van der Waals surface area contributed by atoms with Crippen molar-refractivity contribution in [2.24, 2.45) is 0 Å². The van der Waals surface area contributed by atoms with Gasteiger partial charge >= 0.3 is 0 Å². The summed E-state index contributed by atoms with van der Waals surface area (Å²) in [7, 11) is 7.31. The molecule has 0 amide bonds. The van der Waals surface area contributed by atoms with Crippen LogP contribution >= 0.6 is 0 Å². The number of hydrogen-bond acceptors (Lipinski definition) is 5. The highest BCUT2D eigenvalue weighted by atomic mass is 79.9. The summed E-state index contributed by atoms with van der Waals surface area (Å²) < 4.78 is 11.4. The van der Waals surface area contributed by atoms with Crippen LogP contribution in [0.4, 0.5) is 0 Å². The number of phenols is 1. The molecule has 7 heteroatoms. The molecule has 1 N–H and O–H groups in total. The van der Waals surface area contributed by atoms with E-state index in [1.165, 1.54) is 97.7 Å². The van der Waals surface area contributed by atoms with Crippen LogP contribution in [0.25, 0.3) is 0 Å². The number of unbranched alkanes of at least 4 members (excludes halogenated alkanes) is 13. The number of carbonyl (C=O) groups is 2. The van der Waals surface area contributed by atoms with E-state index in [0.717, 1.165) is 23.0 Å². The number of methoxy groups -OCH3 is 2. The zero-order valence-electron chi connectivity index (χ0n) is 26.5. The Morgan fingerprint density at radius 3 is 1.71 bits per heavy atom. The maximum Gasteiger partial charge on any atom is 0.201 e. The first-order valence-electron chi connectivity index (χ1n) is 15.8. The molecule has 0 heterocycles. The van der Waals surface area contributed by atoms with E-state index in [0.29, 0.717) is 12.3 Å². The number of fused-ring (bicyclic) bond motifs is 2. The van der Waals surface area contributed by atoms with Crippen molar-refractivity contribution in [2.45, 2.75) is 103 Å². The lowest BCUT2D eigenvalue weighted by Gasteiger charge is -2.30. The third kappa shape index (κ3) is 9.84. The van der Waals surface area contributed by atoms with Gasteiger partial charge in [0.15, 0.2) is 5.78 Å². The number of hydrogen-bond donors (Lipinski definition) is 1. The molecule has 0 radical (unpaired) electrons. The molecule has 0 atom stereocenters. The van der Waals surface area contributed by atoms with Crippen molar-refractivity contribution < 1.29 is 45.6 Å². The second-order valence-electron chi connectivity index (χ2n) is 12.4. The Hall–Kier alpha value is -2.38. The van der Waals surface area contributed by atoms with Gasteiger partial charge in [0.1, 0.15) is 23.8 Å². The Morgan fingerprint density at radius 2 is 1.19 bits per heavy atom. The Kier molecular flexibility index (Phi) is 15.1. The number of ether oxygens (including phenoxy) is 2. The Bertz CT molecular complexity index is 1180. The minimum Gasteiger partial charge on any atom is -1.00 e. The number of phenolic OH excluding ortho intramolecular Hbond substituents is 1. The third-order valence-corrected chi connectivity index (χ3v) is 8.38. The summed E-state index contributed by atoms with van der Waals surface area (Å²) in [6, 6.07) is 6.56. The molecule has 0 unspecified atom stereocenters. The van der Waals surface area contributed by atoms with Crippen LogP contribution in [0.3, 0.4) is 0 Å². The fraction of sp³-hybridized carbons (Fsp3) is 0.600. The van der Waals surface area contributed by atoms with Gasteiger partial charge in [-0.05, 0) is 31.0 Å². The van der Waals surface area contributed by atoms with E-state index in [4.69, 9.17) is 9.47 Å². The lowest BCUT2D eigenvalue weighted by Crippen LogP contribution is -3.00. The lowest BCUT2D eigenvalue weighted by atomic mass is 9.82. The van der Waals surface area contributed by atoms with E-state index in [-0.39, 0.29) is 56.5 Å². The van der Waals surface area contributed by atoms with E-state index in [9.17, 15) is 14.7 Å². The van der Waals surface area contributed by atoms with Crippen LogP contribution in [0, 0.1) is 0 Å². The van der Waals surface area contributed by atoms with Crippen molar-refractivity contribution in [1.29, 1.82) is 0 Å². The summed E-state index contributed by atoms with van der Waals surface area (Å²) in [4.78, 5) is 26.9. The average Bonchev–Trinajstić information content (AvgIpc) is 2.94. The molecule has 0 fully saturated rings. The van der Waals surface area contributed by atoms with Crippen LogP contribution in [0.5, 0.6) is 17.2 Å². The smallest absolute Gasteiger partial charge is 0.201 e. The molecule has 0 saturated heterocycles. The molecule has 234 valence electrons. The van der Waals surface area contributed by atoms with Crippen LogP contribution in [-0.2, 0) is 6.54 Å². The summed E-state index contributed by atoms with van der Waals surface area (Å²) in [5.41, 5.74) is 1.54. The monoisotopic (exact) mass is 645 g/mol. The zero-order valence-corrected chi connectivity index (χ0v) is 28.1. The third-order valence-electron chi connectivity index (χ3n) is 8.38. The van der Waals surface area contributed by atoms with Gasteiger partial charge in [0.2, 0.25) is 5.78 Å². The summed E-state index contributed by atoms with van der Waals surface area (Å²) in [6.45, 7) is 3.95. The SMILES string of the molecule is CCCCCCCCCCCCCCCC[N+](C)(C)Cc1cc(O)c2c(c1)C(=O)c1cc(OC)cc(OC)c1C2=O.[Br-]. The molecular formula is C35H52BrNO5. The normalized spacial score (nSPS) is 12.5. The van der Waals surface area contributed by atoms with Gasteiger partial charge in [-0.1, -0.05) is 84.0 Å². The molecular weight excluding hydrogens is 594 g/mol. The first-order chi connectivity index (χ1) is 19.7. The summed E-state index contributed by atoms with van der Waals surface area (Å²) in [5.74, 6) is -0.166. The second-order valence-corrected chi connectivity index (χ2v) is 12.4. The largest absolute Gasteiger partial charge is 1.00 e. The Labute approximate surface area is 264 Å². The molecule has 0 saturated carbocycles. The fourth-order valence-corrected chi connectivity index (χ4v) is 6.05. The van der Waals surface area contributed by atoms with Crippen LogP contribution in [-0.4, -0.2) is 56.0 Å². The van der Waals surface area contributed by atoms with Crippen molar-refractivity contribution in [2.75, 3.05) is 34.9 Å². The molecule has 0 aliphatic heterocycles. The first-order valence-corrected chi connectivity index (χ1v) is 15.8. The van der Waals surface area contributed by atoms with Gasteiger partial charge in [-0.3, -0.25) is 9.59 Å². The number of benzene rings is 2. The van der Waals surface area contributed by atoms with Gasteiger partial charge < -0.3 is 36.0 Å². The van der Waals surface area contributed by atoms with E-state index in [1.54, 1.807) is 24.3 Å². The molecule has 0 aromatic heterocycles. The highest BCUT2D eigenvalue weighted by Crippen LogP contribution is 2.40. The van der Waals surface area contributed by atoms with Crippen molar-refractivity contribution >= 4 is 11.6 Å². The van der Waals surface area contributed by atoms with Gasteiger partial charge in [-0.25, -0.2) is 0 Å². The molecule has 1 aliphatic carbocycles.